The minimum absolute atomic E-state index is 0.369. The average Bonchev–Trinajstić information content (AvgIpc) is 3.53. The number of aromatic nitrogens is 2. The van der Waals surface area contributed by atoms with Gasteiger partial charge in [0, 0.05) is 22.7 Å². The molecule has 0 spiro atoms. The third-order valence-corrected chi connectivity index (χ3v) is 4.80. The molecular formula is C21H17ClN2O2. The fourth-order valence-corrected chi connectivity index (χ4v) is 3.20. The first kappa shape index (κ1) is 16.7. The van der Waals surface area contributed by atoms with Crippen LogP contribution in [0.5, 0.6) is 0 Å². The van der Waals surface area contributed by atoms with Gasteiger partial charge in [0.05, 0.1) is 18.4 Å². The Balaban J connectivity index is 1.88. The lowest BCUT2D eigenvalue weighted by Gasteiger charge is -2.12. The van der Waals surface area contributed by atoms with Crippen molar-refractivity contribution >= 4 is 17.6 Å². The highest BCUT2D eigenvalue weighted by Crippen LogP contribution is 2.43. The van der Waals surface area contributed by atoms with Crippen molar-refractivity contribution in [2.75, 3.05) is 7.11 Å². The summed E-state index contributed by atoms with van der Waals surface area (Å²) >= 11 is 6.00. The van der Waals surface area contributed by atoms with Gasteiger partial charge >= 0.3 is 5.97 Å². The molecular weight excluding hydrogens is 348 g/mol. The molecule has 1 aliphatic rings. The minimum atomic E-state index is -0.369. The SMILES string of the molecule is COC(=O)c1cc(-c2ccc(Cl)cc2)cc(-c2cncnc2C2CC2)c1. The Bertz CT molecular complexity index is 966. The van der Waals surface area contributed by atoms with E-state index in [0.29, 0.717) is 16.5 Å². The molecule has 0 amide bonds. The van der Waals surface area contributed by atoms with Gasteiger partial charge < -0.3 is 4.74 Å². The molecule has 1 heterocycles. The van der Waals surface area contributed by atoms with Gasteiger partial charge in [0.1, 0.15) is 6.33 Å². The zero-order chi connectivity index (χ0) is 18.1. The van der Waals surface area contributed by atoms with Gasteiger partial charge in [0.15, 0.2) is 0 Å². The number of halogens is 1. The van der Waals surface area contributed by atoms with Crippen LogP contribution in [0.25, 0.3) is 22.3 Å². The van der Waals surface area contributed by atoms with Crippen LogP contribution in [0.4, 0.5) is 0 Å². The summed E-state index contributed by atoms with van der Waals surface area (Å²) in [6, 6.07) is 13.3. The molecule has 1 aromatic heterocycles. The monoisotopic (exact) mass is 364 g/mol. The second-order valence-electron chi connectivity index (χ2n) is 6.39. The van der Waals surface area contributed by atoms with Crippen LogP contribution in [-0.2, 0) is 4.74 Å². The molecule has 0 N–H and O–H groups in total. The van der Waals surface area contributed by atoms with Crippen LogP contribution in [0, 0.1) is 0 Å². The summed E-state index contributed by atoms with van der Waals surface area (Å²) in [5.41, 5.74) is 5.33. The molecule has 0 saturated heterocycles. The van der Waals surface area contributed by atoms with E-state index in [-0.39, 0.29) is 5.97 Å². The summed E-state index contributed by atoms with van der Waals surface area (Å²) in [6.07, 6.45) is 5.69. The summed E-state index contributed by atoms with van der Waals surface area (Å²) in [5, 5.41) is 0.672. The Kier molecular flexibility index (Phi) is 4.43. The molecule has 0 bridgehead atoms. The zero-order valence-corrected chi connectivity index (χ0v) is 15.0. The van der Waals surface area contributed by atoms with Gasteiger partial charge in [-0.25, -0.2) is 14.8 Å². The lowest BCUT2D eigenvalue weighted by Crippen LogP contribution is -2.02. The van der Waals surface area contributed by atoms with Crippen molar-refractivity contribution in [2.45, 2.75) is 18.8 Å². The van der Waals surface area contributed by atoms with Crippen LogP contribution >= 0.6 is 11.6 Å². The number of carbonyl (C=O) groups excluding carboxylic acids is 1. The number of hydrogen-bond donors (Lipinski definition) is 0. The van der Waals surface area contributed by atoms with Crippen LogP contribution in [-0.4, -0.2) is 23.0 Å². The highest BCUT2D eigenvalue weighted by molar-refractivity contribution is 6.30. The van der Waals surface area contributed by atoms with Crippen LogP contribution in [0.2, 0.25) is 5.02 Å². The fraction of sp³-hybridized carbons (Fsp3) is 0.190. The molecule has 4 nitrogen and oxygen atoms in total. The van der Waals surface area contributed by atoms with E-state index in [9.17, 15) is 4.79 Å². The standard InChI is InChI=1S/C21H17ClN2O2/c1-26-21(25)17-9-15(13-4-6-18(22)7-5-13)8-16(10-17)19-11-23-12-24-20(19)14-2-3-14/h4-12,14H,2-3H2,1H3. The van der Waals surface area contributed by atoms with Crippen LogP contribution in [0.1, 0.15) is 34.8 Å². The molecule has 1 fully saturated rings. The first-order valence-electron chi connectivity index (χ1n) is 8.45. The van der Waals surface area contributed by atoms with Gasteiger partial charge in [-0.05, 0) is 59.9 Å². The Morgan fingerprint density at radius 3 is 2.50 bits per heavy atom. The van der Waals surface area contributed by atoms with Crippen molar-refractivity contribution in [3.05, 3.63) is 71.3 Å². The fourth-order valence-electron chi connectivity index (χ4n) is 3.07. The molecule has 1 saturated carbocycles. The number of rotatable bonds is 4. The Morgan fingerprint density at radius 2 is 1.81 bits per heavy atom. The van der Waals surface area contributed by atoms with Gasteiger partial charge in [-0.3, -0.25) is 0 Å². The first-order chi connectivity index (χ1) is 12.7. The maximum atomic E-state index is 12.2. The quantitative estimate of drug-likeness (QED) is 0.602. The van der Waals surface area contributed by atoms with Gasteiger partial charge in [-0.1, -0.05) is 23.7 Å². The highest BCUT2D eigenvalue weighted by atomic mass is 35.5. The predicted octanol–water partition coefficient (Wildman–Crippen LogP) is 5.13. The highest BCUT2D eigenvalue weighted by Gasteiger charge is 2.28. The van der Waals surface area contributed by atoms with Crippen molar-refractivity contribution in [1.82, 2.24) is 9.97 Å². The lowest BCUT2D eigenvalue weighted by molar-refractivity contribution is 0.0601. The summed E-state index contributed by atoms with van der Waals surface area (Å²) in [6.45, 7) is 0. The number of carbonyl (C=O) groups is 1. The van der Waals surface area contributed by atoms with E-state index in [4.69, 9.17) is 16.3 Å². The van der Waals surface area contributed by atoms with Crippen LogP contribution < -0.4 is 0 Å². The lowest BCUT2D eigenvalue weighted by atomic mass is 9.95. The van der Waals surface area contributed by atoms with Crippen LogP contribution in [0.3, 0.4) is 0 Å². The number of nitrogens with zero attached hydrogens (tertiary/aromatic N) is 2. The van der Waals surface area contributed by atoms with Crippen molar-refractivity contribution in [3.63, 3.8) is 0 Å². The van der Waals surface area contributed by atoms with Gasteiger partial charge in [0.25, 0.3) is 0 Å². The third kappa shape index (κ3) is 3.33. The average molecular weight is 365 g/mol. The van der Waals surface area contributed by atoms with Gasteiger partial charge in [-0.2, -0.15) is 0 Å². The van der Waals surface area contributed by atoms with E-state index >= 15 is 0 Å². The van der Waals surface area contributed by atoms with E-state index in [1.807, 2.05) is 42.6 Å². The molecule has 1 aliphatic carbocycles. The summed E-state index contributed by atoms with van der Waals surface area (Å²) < 4.78 is 4.94. The third-order valence-electron chi connectivity index (χ3n) is 4.55. The number of benzene rings is 2. The largest absolute Gasteiger partial charge is 0.465 e. The number of hydrogen-bond acceptors (Lipinski definition) is 4. The Labute approximate surface area is 156 Å². The molecule has 3 aromatic rings. The normalized spacial score (nSPS) is 13.5. The molecule has 0 unspecified atom stereocenters. The zero-order valence-electron chi connectivity index (χ0n) is 14.3. The molecule has 2 aromatic carbocycles. The predicted molar refractivity (Wildman–Crippen MR) is 101 cm³/mol. The smallest absolute Gasteiger partial charge is 0.337 e. The second kappa shape index (κ2) is 6.89. The Morgan fingerprint density at radius 1 is 1.08 bits per heavy atom. The molecule has 0 atom stereocenters. The molecule has 26 heavy (non-hydrogen) atoms. The van der Waals surface area contributed by atoms with Crippen molar-refractivity contribution < 1.29 is 9.53 Å². The Hall–Kier alpha value is -2.72. The molecule has 5 heteroatoms. The van der Waals surface area contributed by atoms with E-state index in [1.54, 1.807) is 6.33 Å². The van der Waals surface area contributed by atoms with Gasteiger partial charge in [-0.15, -0.1) is 0 Å². The number of methoxy groups -OCH3 is 1. The molecule has 0 aliphatic heterocycles. The van der Waals surface area contributed by atoms with Crippen molar-refractivity contribution in [3.8, 4) is 22.3 Å². The van der Waals surface area contributed by atoms with E-state index < -0.39 is 0 Å². The summed E-state index contributed by atoms with van der Waals surface area (Å²) in [7, 11) is 1.39. The molecule has 130 valence electrons. The minimum Gasteiger partial charge on any atom is -0.465 e. The number of esters is 1. The van der Waals surface area contributed by atoms with Crippen LogP contribution in [0.15, 0.2) is 55.0 Å². The molecule has 0 radical (unpaired) electrons. The van der Waals surface area contributed by atoms with E-state index in [2.05, 4.69) is 16.0 Å². The van der Waals surface area contributed by atoms with E-state index in [0.717, 1.165) is 40.8 Å². The topological polar surface area (TPSA) is 52.1 Å². The number of ether oxygens (including phenoxy) is 1. The summed E-state index contributed by atoms with van der Waals surface area (Å²) in [4.78, 5) is 20.9. The van der Waals surface area contributed by atoms with E-state index in [1.165, 1.54) is 7.11 Å². The van der Waals surface area contributed by atoms with Gasteiger partial charge in [0.2, 0.25) is 0 Å². The van der Waals surface area contributed by atoms with Crippen molar-refractivity contribution in [2.24, 2.45) is 0 Å². The van der Waals surface area contributed by atoms with Crippen molar-refractivity contribution in [1.29, 1.82) is 0 Å². The maximum absolute atomic E-state index is 12.2. The first-order valence-corrected chi connectivity index (χ1v) is 8.83. The second-order valence-corrected chi connectivity index (χ2v) is 6.83. The molecule has 4 rings (SSSR count). The maximum Gasteiger partial charge on any atom is 0.337 e. The summed E-state index contributed by atoms with van der Waals surface area (Å²) in [5.74, 6) is 0.112.